The number of quaternary nitrogens is 1. The number of nitrogens with zero attached hydrogens (tertiary/aromatic N) is 1. The van der Waals surface area contributed by atoms with Gasteiger partial charge in [0.05, 0.1) is 33.9 Å². The van der Waals surface area contributed by atoms with Crippen molar-refractivity contribution >= 4 is 19.8 Å². The van der Waals surface area contributed by atoms with Crippen molar-refractivity contribution in [3.63, 3.8) is 0 Å². The molecular formula is C48H83NO9P+. The number of aliphatic hydroxyl groups excluding tert-OH is 1. The lowest BCUT2D eigenvalue weighted by Gasteiger charge is -2.24. The third kappa shape index (κ3) is 43.1. The van der Waals surface area contributed by atoms with Gasteiger partial charge in [0.1, 0.15) is 19.8 Å². The van der Waals surface area contributed by atoms with E-state index in [0.717, 1.165) is 51.4 Å². The zero-order chi connectivity index (χ0) is 43.7. The van der Waals surface area contributed by atoms with Crippen molar-refractivity contribution < 1.29 is 47.2 Å². The maximum Gasteiger partial charge on any atom is 0.472 e. The Labute approximate surface area is 359 Å². The fourth-order valence-electron chi connectivity index (χ4n) is 5.39. The normalized spacial score (nSPS) is 14.9. The van der Waals surface area contributed by atoms with Crippen molar-refractivity contribution in [3.8, 4) is 0 Å². The van der Waals surface area contributed by atoms with E-state index in [1.807, 2.05) is 39.4 Å². The number of esters is 2. The first kappa shape index (κ1) is 56.1. The van der Waals surface area contributed by atoms with E-state index < -0.39 is 38.6 Å². The molecule has 2 N–H and O–H groups in total. The van der Waals surface area contributed by atoms with Gasteiger partial charge in [-0.15, -0.1) is 0 Å². The number of hydrogen-bond acceptors (Lipinski definition) is 8. The predicted molar refractivity (Wildman–Crippen MR) is 244 cm³/mol. The second-order valence-electron chi connectivity index (χ2n) is 15.9. The minimum atomic E-state index is -4.42. The van der Waals surface area contributed by atoms with Crippen LogP contribution in [0.5, 0.6) is 0 Å². The predicted octanol–water partition coefficient (Wildman–Crippen LogP) is 11.8. The van der Waals surface area contributed by atoms with Gasteiger partial charge >= 0.3 is 19.8 Å². The molecule has 3 atom stereocenters. The van der Waals surface area contributed by atoms with E-state index in [9.17, 15) is 24.2 Å². The molecule has 10 nitrogen and oxygen atoms in total. The SMILES string of the molecule is CCCCC/C=C\C/C=C\C/C=C\CCCCCCC(=O)OC[C@H](COP(=O)(O)OCC[N+](C)(C)C)OC(=O)CCC/C=C/C=C\C(O)C/C=C\C/C=C\CCCCC. The van der Waals surface area contributed by atoms with Crippen molar-refractivity contribution in [1.82, 2.24) is 0 Å². The Morgan fingerprint density at radius 2 is 1.14 bits per heavy atom. The number of allylic oxidation sites excluding steroid dienone is 12. The minimum absolute atomic E-state index is 0.00243. The summed E-state index contributed by atoms with van der Waals surface area (Å²) in [6, 6.07) is 0. The van der Waals surface area contributed by atoms with Crippen molar-refractivity contribution in [2.24, 2.45) is 0 Å². The van der Waals surface area contributed by atoms with Crippen LogP contribution in [-0.2, 0) is 32.7 Å². The molecule has 59 heavy (non-hydrogen) atoms. The molecule has 0 fully saturated rings. The van der Waals surface area contributed by atoms with Crippen molar-refractivity contribution in [1.29, 1.82) is 0 Å². The van der Waals surface area contributed by atoms with E-state index in [1.54, 1.807) is 12.2 Å². The Hall–Kier alpha value is -2.85. The van der Waals surface area contributed by atoms with Crippen LogP contribution in [0.3, 0.4) is 0 Å². The number of likely N-dealkylation sites (N-methyl/N-ethyl adjacent to an activating group) is 1. The Morgan fingerprint density at radius 1 is 0.610 bits per heavy atom. The summed E-state index contributed by atoms with van der Waals surface area (Å²) in [7, 11) is 1.36. The van der Waals surface area contributed by atoms with Crippen LogP contribution >= 0.6 is 7.82 Å². The first-order chi connectivity index (χ1) is 28.4. The molecule has 0 saturated carbocycles. The smallest absolute Gasteiger partial charge is 0.462 e. The van der Waals surface area contributed by atoms with Crippen LogP contribution in [0.25, 0.3) is 0 Å². The summed E-state index contributed by atoms with van der Waals surface area (Å²) < 4.78 is 34.1. The number of hydrogen-bond donors (Lipinski definition) is 2. The van der Waals surface area contributed by atoms with Gasteiger partial charge < -0.3 is 24.0 Å². The number of carbonyl (C=O) groups excluding carboxylic acids is 2. The lowest BCUT2D eigenvalue weighted by atomic mass is 10.1. The molecule has 0 aliphatic rings. The van der Waals surface area contributed by atoms with Gasteiger partial charge in [-0.2, -0.15) is 0 Å². The van der Waals surface area contributed by atoms with Crippen LogP contribution < -0.4 is 0 Å². The Balaban J connectivity index is 4.60. The summed E-state index contributed by atoms with van der Waals surface area (Å²) in [4.78, 5) is 35.4. The Bertz CT molecular complexity index is 1300. The van der Waals surface area contributed by atoms with E-state index >= 15 is 0 Å². The van der Waals surface area contributed by atoms with E-state index in [2.05, 4.69) is 68.5 Å². The highest BCUT2D eigenvalue weighted by Gasteiger charge is 2.27. The van der Waals surface area contributed by atoms with Crippen molar-refractivity contribution in [2.75, 3.05) is 47.5 Å². The molecule has 0 aromatic carbocycles. The third-order valence-electron chi connectivity index (χ3n) is 8.98. The highest BCUT2D eigenvalue weighted by atomic mass is 31.2. The molecule has 338 valence electrons. The summed E-state index contributed by atoms with van der Waals surface area (Å²) in [5.41, 5.74) is 0. The molecule has 0 bridgehead atoms. The molecule has 0 aliphatic heterocycles. The average molecular weight is 849 g/mol. The second kappa shape index (κ2) is 39.3. The number of phosphoric ester groups is 1. The molecule has 0 spiro atoms. The number of ether oxygens (including phenoxy) is 2. The topological polar surface area (TPSA) is 129 Å². The van der Waals surface area contributed by atoms with Gasteiger partial charge in [-0.25, -0.2) is 4.57 Å². The Kier molecular flexibility index (Phi) is 37.4. The van der Waals surface area contributed by atoms with Gasteiger partial charge in [-0.1, -0.05) is 137 Å². The quantitative estimate of drug-likeness (QED) is 0.0155. The molecule has 0 heterocycles. The van der Waals surface area contributed by atoms with E-state index in [-0.39, 0.29) is 26.1 Å². The highest BCUT2D eigenvalue weighted by Crippen LogP contribution is 2.43. The molecule has 0 aliphatic carbocycles. The molecule has 11 heteroatoms. The van der Waals surface area contributed by atoms with Crippen LogP contribution in [0.1, 0.15) is 149 Å². The average Bonchev–Trinajstić information content (AvgIpc) is 3.18. The van der Waals surface area contributed by atoms with E-state index in [0.29, 0.717) is 36.7 Å². The monoisotopic (exact) mass is 849 g/mol. The fraction of sp³-hybridized carbons (Fsp3) is 0.667. The van der Waals surface area contributed by atoms with E-state index in [1.165, 1.54) is 44.9 Å². The summed E-state index contributed by atoms with van der Waals surface area (Å²) >= 11 is 0. The highest BCUT2D eigenvalue weighted by molar-refractivity contribution is 7.47. The lowest BCUT2D eigenvalue weighted by molar-refractivity contribution is -0.870. The second-order valence-corrected chi connectivity index (χ2v) is 17.4. The molecule has 2 unspecified atom stereocenters. The van der Waals surface area contributed by atoms with Gasteiger partial charge in [0.2, 0.25) is 0 Å². The van der Waals surface area contributed by atoms with Crippen LogP contribution in [0, 0.1) is 0 Å². The number of rotatable bonds is 39. The fourth-order valence-corrected chi connectivity index (χ4v) is 6.13. The summed E-state index contributed by atoms with van der Waals surface area (Å²) in [6.45, 7) is 4.14. The molecule has 0 saturated heterocycles. The maximum atomic E-state index is 12.7. The van der Waals surface area contributed by atoms with Gasteiger partial charge in [-0.3, -0.25) is 18.6 Å². The van der Waals surface area contributed by atoms with Crippen molar-refractivity contribution in [3.05, 3.63) is 85.1 Å². The molecule has 0 aromatic rings. The summed E-state index contributed by atoms with van der Waals surface area (Å²) in [6.07, 6.45) is 46.6. The molecule has 0 amide bonds. The zero-order valence-electron chi connectivity index (χ0n) is 37.6. The number of unbranched alkanes of at least 4 members (excludes halogenated alkanes) is 11. The van der Waals surface area contributed by atoms with Crippen molar-refractivity contribution in [2.45, 2.75) is 161 Å². The van der Waals surface area contributed by atoms with Crippen LogP contribution in [-0.4, -0.2) is 86.1 Å². The van der Waals surface area contributed by atoms with Gasteiger partial charge in [0, 0.05) is 12.8 Å². The van der Waals surface area contributed by atoms with Crippen LogP contribution in [0.4, 0.5) is 0 Å². The first-order valence-electron chi connectivity index (χ1n) is 22.4. The largest absolute Gasteiger partial charge is 0.472 e. The lowest BCUT2D eigenvalue weighted by Crippen LogP contribution is -2.37. The van der Waals surface area contributed by atoms with Gasteiger partial charge in [0.15, 0.2) is 6.10 Å². The molecule has 0 rings (SSSR count). The molecule has 0 radical (unpaired) electrons. The number of phosphoric acid groups is 1. The summed E-state index contributed by atoms with van der Waals surface area (Å²) in [5, 5.41) is 10.2. The molecular weight excluding hydrogens is 765 g/mol. The maximum absolute atomic E-state index is 12.7. The van der Waals surface area contributed by atoms with Gasteiger partial charge in [-0.05, 0) is 83.5 Å². The van der Waals surface area contributed by atoms with Crippen LogP contribution in [0.15, 0.2) is 85.1 Å². The third-order valence-corrected chi connectivity index (χ3v) is 9.96. The molecule has 0 aromatic heterocycles. The number of carbonyl (C=O) groups is 2. The van der Waals surface area contributed by atoms with Gasteiger partial charge in [0.25, 0.3) is 0 Å². The summed E-state index contributed by atoms with van der Waals surface area (Å²) in [5.74, 6) is -0.963. The standard InChI is InChI=1S/C48H82NO9P/c1-6-8-10-12-14-16-17-18-19-20-21-22-23-25-27-31-35-39-47(51)55-43-46(44-57-59(53,54)56-42-41-49(3,4)5)58-48(52)40-36-32-28-30-34-38-45(50)37-33-29-26-24-15-13-11-9-7-2/h14-16,18-19,21-22,24,28-30,33-34,38,45-46,50H,6-13,17,20,23,25-27,31-32,35-37,39-44H2,1-5H3/p+1/b16-14-,19-18-,22-21-,24-15-,30-28+,33-29-,38-34-/t45?,46-/m1/s1. The van der Waals surface area contributed by atoms with E-state index in [4.69, 9.17) is 18.5 Å². The minimum Gasteiger partial charge on any atom is -0.462 e. The Morgan fingerprint density at radius 3 is 1.73 bits per heavy atom. The zero-order valence-corrected chi connectivity index (χ0v) is 38.5. The van der Waals surface area contributed by atoms with Crippen LogP contribution in [0.2, 0.25) is 0 Å². The first-order valence-corrected chi connectivity index (χ1v) is 23.9. The number of aliphatic hydroxyl groups is 1.